The molecule has 0 amide bonds. The molecule has 1 aliphatic carbocycles. The summed E-state index contributed by atoms with van der Waals surface area (Å²) in [4.78, 5) is 11.1. The van der Waals surface area contributed by atoms with Crippen LogP contribution in [-0.4, -0.2) is 17.7 Å². The van der Waals surface area contributed by atoms with E-state index in [1.54, 1.807) is 0 Å². The first-order chi connectivity index (χ1) is 13.5. The Morgan fingerprint density at radius 1 is 1.21 bits per heavy atom. The smallest absolute Gasteiger partial charge is 0.304 e. The van der Waals surface area contributed by atoms with E-state index in [1.165, 1.54) is 37.7 Å². The number of carboxylic acids is 1. The van der Waals surface area contributed by atoms with Crippen LogP contribution in [-0.2, 0) is 4.79 Å². The lowest BCUT2D eigenvalue weighted by atomic mass is 9.68. The minimum Gasteiger partial charge on any atom is -0.489 e. The first-order valence-electron chi connectivity index (χ1n) is 10.8. The Morgan fingerprint density at radius 3 is 2.46 bits per heavy atom. The monoisotopic (exact) mass is 384 g/mol. The minimum absolute atomic E-state index is 0.0960. The summed E-state index contributed by atoms with van der Waals surface area (Å²) in [5.74, 6) is -0.0297. The maximum absolute atomic E-state index is 11.1. The Hall–Kier alpha value is -2.03. The van der Waals surface area contributed by atoms with E-state index in [0.717, 1.165) is 24.2 Å². The quantitative estimate of drug-likeness (QED) is 0.422. The van der Waals surface area contributed by atoms with Gasteiger partial charge in [0.15, 0.2) is 0 Å². The second-order valence-electron chi connectivity index (χ2n) is 8.17. The summed E-state index contributed by atoms with van der Waals surface area (Å²) in [6.07, 6.45) is 15.1. The largest absolute Gasteiger partial charge is 0.489 e. The van der Waals surface area contributed by atoms with Crippen LogP contribution >= 0.6 is 0 Å². The fourth-order valence-corrected chi connectivity index (χ4v) is 4.65. The zero-order chi connectivity index (χ0) is 20.4. The molecule has 0 aromatic heterocycles. The average molecular weight is 385 g/mol. The van der Waals surface area contributed by atoms with Gasteiger partial charge in [0.1, 0.15) is 12.4 Å². The summed E-state index contributed by atoms with van der Waals surface area (Å²) >= 11 is 0. The van der Waals surface area contributed by atoms with Crippen LogP contribution in [0, 0.1) is 5.41 Å². The molecule has 0 radical (unpaired) electrons. The molecule has 0 aliphatic heterocycles. The van der Waals surface area contributed by atoms with Gasteiger partial charge in [-0.25, -0.2) is 0 Å². The Bertz CT molecular complexity index is 664. The number of benzene rings is 1. The predicted octanol–water partition coefficient (Wildman–Crippen LogP) is 6.90. The number of carbonyl (C=O) groups is 1. The molecule has 0 fully saturated rings. The van der Waals surface area contributed by atoms with Crippen molar-refractivity contribution in [2.45, 2.75) is 78.1 Å². The number of rotatable bonds is 11. The van der Waals surface area contributed by atoms with Gasteiger partial charge in [0.05, 0.1) is 6.42 Å². The van der Waals surface area contributed by atoms with E-state index in [4.69, 9.17) is 9.84 Å². The Morgan fingerprint density at radius 2 is 1.89 bits per heavy atom. The normalized spacial score (nSPS) is 17.3. The molecular formula is C25H36O3. The second-order valence-corrected chi connectivity index (χ2v) is 8.17. The van der Waals surface area contributed by atoms with Crippen LogP contribution in [0.15, 0.2) is 48.1 Å². The molecule has 0 bridgehead atoms. The van der Waals surface area contributed by atoms with Gasteiger partial charge in [-0.1, -0.05) is 57.0 Å². The number of ether oxygens (including phenoxy) is 1. The average Bonchev–Trinajstić information content (AvgIpc) is 2.67. The molecule has 1 aromatic carbocycles. The molecule has 154 valence electrons. The van der Waals surface area contributed by atoms with Gasteiger partial charge in [0.2, 0.25) is 0 Å². The van der Waals surface area contributed by atoms with Crippen molar-refractivity contribution in [2.75, 3.05) is 6.61 Å². The standard InChI is InChI=1S/C25H36O3/c1-4-8-22(17-24(26)27)21-10-12-23(13-11-21)28-19-20-9-7-16-25(18-20,14-5-2)15-6-3/h4,8-13,22H,5-7,14-19H2,1-3H3,(H,26,27)/b8-4+. The number of aliphatic carboxylic acids is 1. The maximum atomic E-state index is 11.1. The third kappa shape index (κ3) is 6.54. The third-order valence-corrected chi connectivity index (χ3v) is 5.82. The Balaban J connectivity index is 1.97. The van der Waals surface area contributed by atoms with Crippen molar-refractivity contribution in [1.29, 1.82) is 0 Å². The molecule has 1 unspecified atom stereocenters. The highest BCUT2D eigenvalue weighted by atomic mass is 16.5. The molecule has 1 N–H and O–H groups in total. The van der Waals surface area contributed by atoms with Gasteiger partial charge in [-0.15, -0.1) is 0 Å². The van der Waals surface area contributed by atoms with Gasteiger partial charge < -0.3 is 9.84 Å². The molecule has 1 aliphatic rings. The van der Waals surface area contributed by atoms with Crippen LogP contribution in [0.4, 0.5) is 0 Å². The summed E-state index contributed by atoms with van der Waals surface area (Å²) in [5, 5.41) is 9.11. The lowest BCUT2D eigenvalue weighted by Gasteiger charge is -2.37. The van der Waals surface area contributed by atoms with Gasteiger partial charge in [-0.2, -0.15) is 0 Å². The molecule has 0 heterocycles. The Kier molecular flexibility index (Phi) is 8.82. The highest BCUT2D eigenvalue weighted by Gasteiger charge is 2.31. The molecule has 0 saturated heterocycles. The summed E-state index contributed by atoms with van der Waals surface area (Å²) in [7, 11) is 0. The van der Waals surface area contributed by atoms with E-state index in [9.17, 15) is 4.79 Å². The van der Waals surface area contributed by atoms with E-state index >= 15 is 0 Å². The van der Waals surface area contributed by atoms with Crippen molar-refractivity contribution in [2.24, 2.45) is 5.41 Å². The van der Waals surface area contributed by atoms with E-state index in [0.29, 0.717) is 12.0 Å². The first kappa shape index (κ1) is 22.3. The van der Waals surface area contributed by atoms with Crippen LogP contribution in [0.5, 0.6) is 5.75 Å². The lowest BCUT2D eigenvalue weighted by molar-refractivity contribution is -0.137. The summed E-state index contributed by atoms with van der Waals surface area (Å²) < 4.78 is 6.07. The van der Waals surface area contributed by atoms with E-state index < -0.39 is 5.97 Å². The highest BCUT2D eigenvalue weighted by molar-refractivity contribution is 5.68. The maximum Gasteiger partial charge on any atom is 0.304 e. The molecule has 1 aromatic rings. The van der Waals surface area contributed by atoms with Crippen LogP contribution in [0.25, 0.3) is 0 Å². The topological polar surface area (TPSA) is 46.5 Å². The van der Waals surface area contributed by atoms with E-state index in [2.05, 4.69) is 19.9 Å². The van der Waals surface area contributed by atoms with E-state index in [-0.39, 0.29) is 12.3 Å². The van der Waals surface area contributed by atoms with Crippen molar-refractivity contribution in [3.63, 3.8) is 0 Å². The fraction of sp³-hybridized carbons (Fsp3) is 0.560. The lowest BCUT2D eigenvalue weighted by Crippen LogP contribution is -2.25. The number of allylic oxidation sites excluding steroid dienone is 3. The second kappa shape index (κ2) is 11.1. The third-order valence-electron chi connectivity index (χ3n) is 5.82. The van der Waals surface area contributed by atoms with Crippen LogP contribution < -0.4 is 4.74 Å². The predicted molar refractivity (Wildman–Crippen MR) is 116 cm³/mol. The van der Waals surface area contributed by atoms with Crippen LogP contribution in [0.3, 0.4) is 0 Å². The van der Waals surface area contributed by atoms with Gasteiger partial charge in [0.25, 0.3) is 0 Å². The van der Waals surface area contributed by atoms with Crippen molar-refractivity contribution >= 4 is 5.97 Å². The van der Waals surface area contributed by atoms with Crippen LogP contribution in [0.2, 0.25) is 0 Å². The van der Waals surface area contributed by atoms with Gasteiger partial charge in [-0.05, 0) is 67.7 Å². The van der Waals surface area contributed by atoms with Crippen molar-refractivity contribution < 1.29 is 14.6 Å². The molecule has 0 saturated carbocycles. The first-order valence-corrected chi connectivity index (χ1v) is 10.8. The molecule has 2 rings (SSSR count). The zero-order valence-corrected chi connectivity index (χ0v) is 17.7. The highest BCUT2D eigenvalue weighted by Crippen LogP contribution is 2.44. The van der Waals surface area contributed by atoms with Crippen molar-refractivity contribution in [1.82, 2.24) is 0 Å². The molecule has 3 nitrogen and oxygen atoms in total. The number of hydrogen-bond donors (Lipinski definition) is 1. The molecule has 0 spiro atoms. The minimum atomic E-state index is -0.782. The van der Waals surface area contributed by atoms with Gasteiger partial charge >= 0.3 is 5.97 Å². The number of hydrogen-bond acceptors (Lipinski definition) is 2. The van der Waals surface area contributed by atoms with E-state index in [1.807, 2.05) is 43.3 Å². The van der Waals surface area contributed by atoms with Crippen molar-refractivity contribution in [3.8, 4) is 5.75 Å². The summed E-state index contributed by atoms with van der Waals surface area (Å²) in [6, 6.07) is 7.89. The molecular weight excluding hydrogens is 348 g/mol. The Labute approximate surface area is 170 Å². The summed E-state index contributed by atoms with van der Waals surface area (Å²) in [5.41, 5.74) is 2.90. The van der Waals surface area contributed by atoms with Crippen LogP contribution in [0.1, 0.15) is 83.6 Å². The van der Waals surface area contributed by atoms with Gasteiger partial charge in [0, 0.05) is 5.92 Å². The molecule has 28 heavy (non-hydrogen) atoms. The molecule has 1 atom stereocenters. The zero-order valence-electron chi connectivity index (χ0n) is 17.7. The summed E-state index contributed by atoms with van der Waals surface area (Å²) in [6.45, 7) is 7.15. The molecule has 3 heteroatoms. The van der Waals surface area contributed by atoms with Gasteiger partial charge in [-0.3, -0.25) is 4.79 Å². The SMILES string of the molecule is C/C=C/C(CC(=O)O)c1ccc(OCC2=CCCC(CCC)(CCC)C2)cc1. The fourth-order valence-electron chi connectivity index (χ4n) is 4.65. The number of carboxylic acid groups (broad SMARTS) is 1. The van der Waals surface area contributed by atoms with Crippen molar-refractivity contribution in [3.05, 3.63) is 53.6 Å².